The summed E-state index contributed by atoms with van der Waals surface area (Å²) in [6.45, 7) is 7.63. The first-order valence-corrected chi connectivity index (χ1v) is 9.45. The average molecular weight is 376 g/mol. The van der Waals surface area contributed by atoms with Crippen LogP contribution < -0.4 is 0 Å². The first kappa shape index (κ1) is 23.1. The highest BCUT2D eigenvalue weighted by Gasteiger charge is 2.42. The minimum atomic E-state index is -1.20. The second kappa shape index (κ2) is 11.0. The average Bonchev–Trinajstić information content (AvgIpc) is 2.56. The van der Waals surface area contributed by atoms with Crippen LogP contribution in [0.4, 0.5) is 0 Å². The van der Waals surface area contributed by atoms with Gasteiger partial charge in [-0.3, -0.25) is 9.59 Å². The van der Waals surface area contributed by atoms with E-state index in [9.17, 15) is 19.8 Å². The van der Waals surface area contributed by atoms with E-state index in [1.165, 1.54) is 11.6 Å². The number of esters is 1. The molecule has 1 fully saturated rings. The predicted molar refractivity (Wildman–Crippen MR) is 106 cm³/mol. The monoisotopic (exact) mass is 376 g/mol. The van der Waals surface area contributed by atoms with Crippen LogP contribution in [-0.4, -0.2) is 39.8 Å². The van der Waals surface area contributed by atoms with Crippen molar-refractivity contribution in [3.05, 3.63) is 48.1 Å². The summed E-state index contributed by atoms with van der Waals surface area (Å²) in [4.78, 5) is 23.0. The van der Waals surface area contributed by atoms with Crippen LogP contribution in [0.3, 0.4) is 0 Å². The Morgan fingerprint density at radius 2 is 1.85 bits per heavy atom. The van der Waals surface area contributed by atoms with Crippen molar-refractivity contribution in [2.45, 2.75) is 71.2 Å². The summed E-state index contributed by atoms with van der Waals surface area (Å²) >= 11 is 0. The van der Waals surface area contributed by atoms with Crippen LogP contribution in [0.2, 0.25) is 0 Å². The van der Waals surface area contributed by atoms with Gasteiger partial charge in [-0.05, 0) is 32.6 Å². The molecular weight excluding hydrogens is 344 g/mol. The highest BCUT2D eigenvalue weighted by molar-refractivity contribution is 5.98. The van der Waals surface area contributed by atoms with Crippen LogP contribution in [0.1, 0.15) is 53.4 Å². The molecule has 1 saturated heterocycles. The Balaban J connectivity index is 2.52. The van der Waals surface area contributed by atoms with Gasteiger partial charge >= 0.3 is 5.97 Å². The second-order valence-electron chi connectivity index (χ2n) is 7.45. The van der Waals surface area contributed by atoms with E-state index in [1.54, 1.807) is 19.1 Å². The topological polar surface area (TPSA) is 83.8 Å². The first-order chi connectivity index (χ1) is 12.7. The Morgan fingerprint density at radius 1 is 1.19 bits per heavy atom. The van der Waals surface area contributed by atoms with Crippen molar-refractivity contribution >= 4 is 11.8 Å². The molecule has 2 N–H and O–H groups in total. The zero-order valence-electron chi connectivity index (χ0n) is 16.7. The predicted octanol–water partition coefficient (Wildman–Crippen LogP) is 3.42. The maximum Gasteiger partial charge on any atom is 0.313 e. The molecule has 1 aliphatic rings. The molecule has 27 heavy (non-hydrogen) atoms. The van der Waals surface area contributed by atoms with Gasteiger partial charge in [-0.1, -0.05) is 62.0 Å². The van der Waals surface area contributed by atoms with Gasteiger partial charge in [0.05, 0.1) is 6.10 Å². The van der Waals surface area contributed by atoms with E-state index in [4.69, 9.17) is 4.74 Å². The quantitative estimate of drug-likeness (QED) is 0.366. The van der Waals surface area contributed by atoms with E-state index in [1.807, 2.05) is 38.2 Å². The molecule has 1 rings (SSSR count). The van der Waals surface area contributed by atoms with Gasteiger partial charge in [0, 0.05) is 6.42 Å². The zero-order chi connectivity index (χ0) is 20.4. The molecule has 4 unspecified atom stereocenters. The van der Waals surface area contributed by atoms with E-state index in [2.05, 4.69) is 6.92 Å². The summed E-state index contributed by atoms with van der Waals surface area (Å²) in [7, 11) is 0. The molecule has 5 heteroatoms. The molecule has 0 saturated carbocycles. The van der Waals surface area contributed by atoms with Crippen LogP contribution >= 0.6 is 0 Å². The van der Waals surface area contributed by atoms with Crippen molar-refractivity contribution < 1.29 is 24.5 Å². The molecular formula is C22H32O5. The lowest BCUT2D eigenvalue weighted by Gasteiger charge is -2.35. The highest BCUT2D eigenvalue weighted by Crippen LogP contribution is 2.27. The molecule has 4 atom stereocenters. The van der Waals surface area contributed by atoms with Gasteiger partial charge in [-0.2, -0.15) is 0 Å². The van der Waals surface area contributed by atoms with Crippen molar-refractivity contribution in [2.75, 3.05) is 0 Å². The molecule has 0 aromatic rings. The minimum Gasteiger partial charge on any atom is -0.455 e. The number of aliphatic hydroxyl groups excluding tert-OH is 2. The van der Waals surface area contributed by atoms with Gasteiger partial charge in [-0.25, -0.2) is 0 Å². The molecule has 1 aliphatic heterocycles. The molecule has 0 aliphatic carbocycles. The summed E-state index contributed by atoms with van der Waals surface area (Å²) in [6.07, 6.45) is 12.7. The normalized spacial score (nSPS) is 25.3. The van der Waals surface area contributed by atoms with E-state index < -0.39 is 23.8 Å². The van der Waals surface area contributed by atoms with E-state index in [0.717, 1.165) is 6.42 Å². The Bertz CT molecular complexity index is 611. The maximum atomic E-state index is 11.6. The fourth-order valence-electron chi connectivity index (χ4n) is 2.87. The molecule has 150 valence electrons. The van der Waals surface area contributed by atoms with Gasteiger partial charge in [0.2, 0.25) is 0 Å². The van der Waals surface area contributed by atoms with Crippen molar-refractivity contribution in [1.82, 2.24) is 0 Å². The molecule has 0 amide bonds. The third-order valence-electron chi connectivity index (χ3n) is 4.48. The van der Waals surface area contributed by atoms with Gasteiger partial charge in [0.25, 0.3) is 0 Å². The molecule has 0 radical (unpaired) electrons. The third kappa shape index (κ3) is 8.50. The summed E-state index contributed by atoms with van der Waals surface area (Å²) in [5.41, 5.74) is 0.00717. The number of hydrogen-bond donors (Lipinski definition) is 2. The summed E-state index contributed by atoms with van der Waals surface area (Å²) < 4.78 is 5.18. The van der Waals surface area contributed by atoms with Crippen LogP contribution in [0, 0.1) is 5.92 Å². The number of Topliss-reactive ketones (excluding diaryl/α,β-unsaturated/α-hetero) is 1. The number of allylic oxidation sites excluding steroid dienone is 6. The van der Waals surface area contributed by atoms with Crippen LogP contribution in [0.15, 0.2) is 48.1 Å². The van der Waals surface area contributed by atoms with Crippen molar-refractivity contribution in [2.24, 2.45) is 5.92 Å². The van der Waals surface area contributed by atoms with Crippen molar-refractivity contribution in [3.8, 4) is 0 Å². The number of ketones is 1. The van der Waals surface area contributed by atoms with Crippen molar-refractivity contribution in [3.63, 3.8) is 0 Å². The van der Waals surface area contributed by atoms with Crippen molar-refractivity contribution in [1.29, 1.82) is 0 Å². The first-order valence-electron chi connectivity index (χ1n) is 9.45. The largest absolute Gasteiger partial charge is 0.455 e. The number of carbonyl (C=O) groups is 2. The number of rotatable bonds is 9. The fourth-order valence-corrected chi connectivity index (χ4v) is 2.87. The Morgan fingerprint density at radius 3 is 2.48 bits per heavy atom. The number of ether oxygens (including phenoxy) is 1. The van der Waals surface area contributed by atoms with Crippen LogP contribution in [-0.2, 0) is 14.3 Å². The van der Waals surface area contributed by atoms with E-state index >= 15 is 0 Å². The molecule has 0 bridgehead atoms. The molecule has 0 aromatic heterocycles. The summed E-state index contributed by atoms with van der Waals surface area (Å²) in [5.74, 6) is -0.501. The number of cyclic esters (lactones) is 1. The summed E-state index contributed by atoms with van der Waals surface area (Å²) in [5, 5.41) is 19.7. The van der Waals surface area contributed by atoms with Gasteiger partial charge in [0.15, 0.2) is 0 Å². The third-order valence-corrected chi connectivity index (χ3v) is 4.48. The summed E-state index contributed by atoms with van der Waals surface area (Å²) in [6, 6.07) is 0. The number of carbonyl (C=O) groups excluding carboxylic acids is 2. The number of aliphatic hydroxyl groups is 2. The van der Waals surface area contributed by atoms with Gasteiger partial charge in [0.1, 0.15) is 23.9 Å². The standard InChI is InChI=1S/C22H32O5/c1-5-18(23)11-8-10-17(3)13-16(2)9-6-7-12-20(25)22(4)15-19(24)14-21(26)27-22/h6-12,16,18,20,23,25H,5,13-15H2,1-4H3/b9-6+,11-8+,12-7+,17-10+. The smallest absolute Gasteiger partial charge is 0.313 e. The SMILES string of the molecule is CCC(O)/C=C/C=C(\C)CC(C)/C=C/C=C/C(O)C1(C)CC(=O)CC(=O)O1. The molecule has 0 spiro atoms. The Kier molecular flexibility index (Phi) is 9.39. The second-order valence-corrected chi connectivity index (χ2v) is 7.45. The molecule has 5 nitrogen and oxygen atoms in total. The minimum absolute atomic E-state index is 0.0224. The van der Waals surface area contributed by atoms with Crippen LogP contribution in [0.5, 0.6) is 0 Å². The highest BCUT2D eigenvalue weighted by atomic mass is 16.6. The fraction of sp³-hybridized carbons (Fsp3) is 0.545. The molecule has 0 aromatic carbocycles. The van der Waals surface area contributed by atoms with Gasteiger partial charge in [-0.15, -0.1) is 0 Å². The number of hydrogen-bond acceptors (Lipinski definition) is 5. The van der Waals surface area contributed by atoms with E-state index in [-0.39, 0.29) is 18.6 Å². The van der Waals surface area contributed by atoms with Crippen LogP contribution in [0.25, 0.3) is 0 Å². The lowest BCUT2D eigenvalue weighted by atomic mass is 9.89. The Hall–Kier alpha value is -1.98. The zero-order valence-corrected chi connectivity index (χ0v) is 16.7. The lowest BCUT2D eigenvalue weighted by Crippen LogP contribution is -2.48. The lowest BCUT2D eigenvalue weighted by molar-refractivity contribution is -0.177. The maximum absolute atomic E-state index is 11.6. The molecule has 1 heterocycles. The van der Waals surface area contributed by atoms with Gasteiger partial charge < -0.3 is 14.9 Å². The Labute approximate surface area is 162 Å². The van der Waals surface area contributed by atoms with E-state index in [0.29, 0.717) is 12.3 Å².